The van der Waals surface area contributed by atoms with Crippen molar-refractivity contribution in [1.82, 2.24) is 9.55 Å². The Morgan fingerprint density at radius 1 is 1.02 bits per heavy atom. The van der Waals surface area contributed by atoms with Crippen molar-refractivity contribution in [1.29, 1.82) is 5.26 Å². The number of thioether (sulfide) groups is 1. The second-order valence-electron chi connectivity index (χ2n) is 10.2. The van der Waals surface area contributed by atoms with Crippen molar-refractivity contribution in [3.05, 3.63) is 113 Å². The first-order valence-electron chi connectivity index (χ1n) is 13.8. The molecule has 7 heteroatoms. The maximum atomic E-state index is 8.95. The van der Waals surface area contributed by atoms with Gasteiger partial charge < -0.3 is 14.0 Å². The third-order valence-electron chi connectivity index (χ3n) is 7.38. The minimum atomic E-state index is 0.0971. The summed E-state index contributed by atoms with van der Waals surface area (Å²) in [5.41, 5.74) is 8.00. The molecule has 0 N–H and O–H groups in total. The summed E-state index contributed by atoms with van der Waals surface area (Å²) in [5.74, 6) is 0.913. The van der Waals surface area contributed by atoms with Gasteiger partial charge in [0.2, 0.25) is 0 Å². The maximum Gasteiger partial charge on any atom is 0.133 e. The molecule has 0 amide bonds. The quantitative estimate of drug-likeness (QED) is 0.156. The molecule has 0 aliphatic carbocycles. The molecule has 0 spiro atoms. The van der Waals surface area contributed by atoms with Gasteiger partial charge in [0.25, 0.3) is 0 Å². The third-order valence-corrected chi connectivity index (χ3v) is 8.87. The Bertz CT molecular complexity index is 1690. The molecule has 1 aliphatic rings. The molecule has 5 nitrogen and oxygen atoms in total. The molecule has 206 valence electrons. The molecule has 0 fully saturated rings. The van der Waals surface area contributed by atoms with Crippen LogP contribution >= 0.6 is 23.4 Å². The molecule has 1 unspecified atom stereocenters. The SMILES string of the molecule is CC1Cc2c(OCc3ccc(-c4ccccc4)cn3)ccc3c2c(c(CCOCC#N)n3Cc2ccc(Cl)cc2)S1. The summed E-state index contributed by atoms with van der Waals surface area (Å²) >= 11 is 8.09. The Morgan fingerprint density at radius 3 is 2.61 bits per heavy atom. The van der Waals surface area contributed by atoms with Crippen molar-refractivity contribution >= 4 is 34.3 Å². The second-order valence-corrected chi connectivity index (χ2v) is 12.1. The van der Waals surface area contributed by atoms with E-state index in [1.807, 2.05) is 54.4 Å². The highest BCUT2D eigenvalue weighted by atomic mass is 35.5. The van der Waals surface area contributed by atoms with E-state index in [0.29, 0.717) is 18.5 Å². The number of nitrogens with zero attached hydrogens (tertiary/aromatic N) is 3. The molecule has 1 aliphatic heterocycles. The van der Waals surface area contributed by atoms with Crippen LogP contribution in [0.5, 0.6) is 5.75 Å². The van der Waals surface area contributed by atoms with Crippen LogP contribution in [0.2, 0.25) is 5.02 Å². The Balaban J connectivity index is 1.32. The Kier molecular flexibility index (Phi) is 8.29. The van der Waals surface area contributed by atoms with Gasteiger partial charge in [0.05, 0.1) is 23.9 Å². The minimum absolute atomic E-state index is 0.0971. The molecule has 6 rings (SSSR count). The number of pyridine rings is 1. The summed E-state index contributed by atoms with van der Waals surface area (Å²) < 4.78 is 14.4. The molecule has 3 aromatic carbocycles. The van der Waals surface area contributed by atoms with E-state index >= 15 is 0 Å². The van der Waals surface area contributed by atoms with Crippen LogP contribution in [0.4, 0.5) is 0 Å². The fourth-order valence-corrected chi connectivity index (χ4v) is 6.93. The first-order chi connectivity index (χ1) is 20.1. The van der Waals surface area contributed by atoms with Gasteiger partial charge in [-0.2, -0.15) is 5.26 Å². The molecular formula is C34H30ClN3O2S. The van der Waals surface area contributed by atoms with Crippen LogP contribution < -0.4 is 4.74 Å². The predicted molar refractivity (Wildman–Crippen MR) is 166 cm³/mol. The molecule has 0 saturated heterocycles. The van der Waals surface area contributed by atoms with Gasteiger partial charge in [0.15, 0.2) is 0 Å². The highest BCUT2D eigenvalue weighted by Gasteiger charge is 2.28. The number of benzene rings is 3. The predicted octanol–water partition coefficient (Wildman–Crippen LogP) is 8.10. The van der Waals surface area contributed by atoms with Crippen molar-refractivity contribution in [2.75, 3.05) is 13.2 Å². The van der Waals surface area contributed by atoms with Crippen LogP contribution in [0, 0.1) is 11.3 Å². The summed E-state index contributed by atoms with van der Waals surface area (Å²) in [6.07, 6.45) is 3.57. The number of nitriles is 1. The topological polar surface area (TPSA) is 60.1 Å². The van der Waals surface area contributed by atoms with Crippen LogP contribution in [0.25, 0.3) is 22.0 Å². The van der Waals surface area contributed by atoms with Gasteiger partial charge in [-0.1, -0.05) is 67.1 Å². The monoisotopic (exact) mass is 579 g/mol. The zero-order valence-electron chi connectivity index (χ0n) is 22.8. The van der Waals surface area contributed by atoms with Gasteiger partial charge >= 0.3 is 0 Å². The number of rotatable bonds is 10. The number of hydrogen-bond donors (Lipinski definition) is 0. The fraction of sp³-hybridized carbons (Fsp3) is 0.235. The second kappa shape index (κ2) is 12.4. The summed E-state index contributed by atoms with van der Waals surface area (Å²) in [4.78, 5) is 5.97. The van der Waals surface area contributed by atoms with Crippen molar-refractivity contribution in [2.24, 2.45) is 0 Å². The van der Waals surface area contributed by atoms with Crippen molar-refractivity contribution in [2.45, 2.75) is 43.1 Å². The summed E-state index contributed by atoms with van der Waals surface area (Å²) in [6.45, 7) is 4.00. The largest absolute Gasteiger partial charge is 0.487 e. The van der Waals surface area contributed by atoms with E-state index in [2.05, 4.69) is 65.0 Å². The minimum Gasteiger partial charge on any atom is -0.487 e. The third kappa shape index (κ3) is 5.99. The van der Waals surface area contributed by atoms with Gasteiger partial charge in [-0.15, -0.1) is 11.8 Å². The zero-order chi connectivity index (χ0) is 28.2. The van der Waals surface area contributed by atoms with Crippen LogP contribution in [0.1, 0.15) is 29.4 Å². The maximum absolute atomic E-state index is 8.95. The van der Waals surface area contributed by atoms with Crippen molar-refractivity contribution in [3.8, 4) is 22.9 Å². The number of ether oxygens (including phenoxy) is 2. The van der Waals surface area contributed by atoms with Gasteiger partial charge in [0, 0.05) is 56.5 Å². The molecule has 0 bridgehead atoms. The van der Waals surface area contributed by atoms with E-state index in [9.17, 15) is 0 Å². The van der Waals surface area contributed by atoms with Crippen LogP contribution in [0.15, 0.2) is 90.0 Å². The summed E-state index contributed by atoms with van der Waals surface area (Å²) in [7, 11) is 0. The molecule has 5 aromatic rings. The van der Waals surface area contributed by atoms with Crippen LogP contribution in [-0.2, 0) is 30.7 Å². The summed E-state index contributed by atoms with van der Waals surface area (Å²) in [5, 5.41) is 11.3. The zero-order valence-corrected chi connectivity index (χ0v) is 24.4. The van der Waals surface area contributed by atoms with E-state index in [1.165, 1.54) is 32.6 Å². The van der Waals surface area contributed by atoms with Gasteiger partial charge in [-0.25, -0.2) is 0 Å². The van der Waals surface area contributed by atoms with E-state index in [0.717, 1.165) is 47.0 Å². The number of aromatic nitrogens is 2. The van der Waals surface area contributed by atoms with E-state index < -0.39 is 0 Å². The highest BCUT2D eigenvalue weighted by Crippen LogP contribution is 2.47. The lowest BCUT2D eigenvalue weighted by Gasteiger charge is -2.22. The lowest BCUT2D eigenvalue weighted by atomic mass is 10.0. The van der Waals surface area contributed by atoms with Crippen LogP contribution in [-0.4, -0.2) is 28.0 Å². The first kappa shape index (κ1) is 27.4. The van der Waals surface area contributed by atoms with Crippen molar-refractivity contribution < 1.29 is 9.47 Å². The number of hydrogen-bond acceptors (Lipinski definition) is 5. The molecule has 41 heavy (non-hydrogen) atoms. The average molecular weight is 580 g/mol. The standard InChI is InChI=1S/C34H30ClN3O2S/c1-23-19-29-32(40-22-28-12-9-26(20-37-28)25-5-3-2-4-6-25)14-13-30-33(29)34(41-23)31(15-17-39-18-16-36)38(30)21-24-7-10-27(35)11-8-24/h2-14,20,23H,15,17-19,21-22H2,1H3. The lowest BCUT2D eigenvalue weighted by molar-refractivity contribution is 0.167. The van der Waals surface area contributed by atoms with E-state index in [-0.39, 0.29) is 6.61 Å². The molecule has 1 atom stereocenters. The Morgan fingerprint density at radius 2 is 1.85 bits per heavy atom. The molecule has 0 saturated carbocycles. The lowest BCUT2D eigenvalue weighted by Crippen LogP contribution is -2.11. The van der Waals surface area contributed by atoms with Gasteiger partial charge in [-0.05, 0) is 47.9 Å². The average Bonchev–Trinajstić information content (AvgIpc) is 3.29. The molecule has 3 heterocycles. The normalized spacial score (nSPS) is 14.2. The Labute approximate surface area is 249 Å². The highest BCUT2D eigenvalue weighted by molar-refractivity contribution is 8.00. The van der Waals surface area contributed by atoms with Crippen molar-refractivity contribution in [3.63, 3.8) is 0 Å². The van der Waals surface area contributed by atoms with E-state index in [1.54, 1.807) is 0 Å². The molecule has 0 radical (unpaired) electrons. The summed E-state index contributed by atoms with van der Waals surface area (Å²) in [6, 6.07) is 28.8. The molecular weight excluding hydrogens is 550 g/mol. The smallest absolute Gasteiger partial charge is 0.133 e. The van der Waals surface area contributed by atoms with E-state index in [4.69, 9.17) is 26.3 Å². The van der Waals surface area contributed by atoms with Gasteiger partial charge in [-0.3, -0.25) is 4.98 Å². The molecule has 2 aromatic heterocycles. The van der Waals surface area contributed by atoms with Crippen LogP contribution in [0.3, 0.4) is 0 Å². The first-order valence-corrected chi connectivity index (χ1v) is 15.0. The Hall–Kier alpha value is -3.76. The fourth-order valence-electron chi connectivity index (χ4n) is 5.45. The van der Waals surface area contributed by atoms with Gasteiger partial charge in [0.1, 0.15) is 19.0 Å². The number of halogens is 1.